The number of anilines is 1. The Labute approximate surface area is 207 Å². The fourth-order valence-electron chi connectivity index (χ4n) is 5.00. The van der Waals surface area contributed by atoms with Gasteiger partial charge in [-0.3, -0.25) is 9.36 Å². The minimum atomic E-state index is -0.380. The minimum absolute atomic E-state index is 0.0855. The Bertz CT molecular complexity index is 1500. The fourth-order valence-corrected chi connectivity index (χ4v) is 5.00. The first kappa shape index (κ1) is 22.4. The van der Waals surface area contributed by atoms with Crippen LogP contribution >= 0.6 is 0 Å². The van der Waals surface area contributed by atoms with Crippen molar-refractivity contribution in [2.24, 2.45) is 0 Å². The smallest absolute Gasteiger partial charge is 0.303 e. The minimum Gasteiger partial charge on any atom is -0.489 e. The van der Waals surface area contributed by atoms with Crippen molar-refractivity contribution in [3.63, 3.8) is 0 Å². The lowest BCUT2D eigenvalue weighted by Crippen LogP contribution is -2.12. The fraction of sp³-hybridized carbons (Fsp3) is 0.286. The lowest BCUT2D eigenvalue weighted by molar-refractivity contribution is -0.147. The van der Waals surface area contributed by atoms with E-state index in [-0.39, 0.29) is 29.9 Å². The van der Waals surface area contributed by atoms with Gasteiger partial charge in [0.1, 0.15) is 36.4 Å². The molecule has 0 fully saturated rings. The number of esters is 1. The van der Waals surface area contributed by atoms with E-state index < -0.39 is 0 Å². The molecule has 0 unspecified atom stereocenters. The molecule has 2 atom stereocenters. The molecule has 1 aromatic heterocycles. The number of nitrogens with one attached hydrogen (secondary N) is 1. The van der Waals surface area contributed by atoms with E-state index >= 15 is 0 Å². The van der Waals surface area contributed by atoms with Crippen LogP contribution in [0.5, 0.6) is 11.5 Å². The summed E-state index contributed by atoms with van der Waals surface area (Å²) in [4.78, 5) is 16.1. The van der Waals surface area contributed by atoms with Gasteiger partial charge in [-0.15, -0.1) is 0 Å². The quantitative estimate of drug-likeness (QED) is 0.357. The largest absolute Gasteiger partial charge is 0.489 e. The van der Waals surface area contributed by atoms with Crippen LogP contribution in [0.4, 0.5) is 10.1 Å². The number of hydrogen-bond donors (Lipinski definition) is 1. The molecule has 2 aliphatic rings. The summed E-state index contributed by atoms with van der Waals surface area (Å²) in [6.45, 7) is 6.30. The van der Waals surface area contributed by atoms with Crippen LogP contribution in [0.1, 0.15) is 55.8 Å². The van der Waals surface area contributed by atoms with Crippen LogP contribution in [0.3, 0.4) is 0 Å². The number of carbonyl (C=O) groups excluding carboxylic acids is 1. The number of benzene rings is 3. The normalized spacial score (nSPS) is 18.0. The summed E-state index contributed by atoms with van der Waals surface area (Å²) in [7, 11) is 0. The van der Waals surface area contributed by atoms with Crippen LogP contribution in [-0.2, 0) is 9.53 Å². The number of imidazole rings is 1. The first-order valence-electron chi connectivity index (χ1n) is 12.0. The van der Waals surface area contributed by atoms with E-state index in [2.05, 4.69) is 19.2 Å². The molecule has 4 aromatic rings. The van der Waals surface area contributed by atoms with Gasteiger partial charge in [0.15, 0.2) is 6.10 Å². The molecule has 0 bridgehead atoms. The number of hydrogen-bond acceptors (Lipinski definition) is 6. The summed E-state index contributed by atoms with van der Waals surface area (Å²) in [5.74, 6) is 1.81. The van der Waals surface area contributed by atoms with Crippen molar-refractivity contribution in [1.29, 1.82) is 0 Å². The van der Waals surface area contributed by atoms with Crippen molar-refractivity contribution in [3.05, 3.63) is 77.4 Å². The Kier molecular flexibility index (Phi) is 5.32. The van der Waals surface area contributed by atoms with E-state index in [1.165, 1.54) is 19.1 Å². The summed E-state index contributed by atoms with van der Waals surface area (Å²) >= 11 is 0. The summed E-state index contributed by atoms with van der Waals surface area (Å²) in [5, 5.41) is 3.54. The highest BCUT2D eigenvalue weighted by molar-refractivity contribution is 5.80. The van der Waals surface area contributed by atoms with E-state index in [0.29, 0.717) is 24.5 Å². The molecule has 0 spiro atoms. The standard InChI is InChI=1S/C28H26FN3O4/c1-15(2)28-31-21-10-7-17(29)11-24(21)32(28)23-6-4-5-19-22(13-35-27(19)23)30-18-8-9-20-25(12-18)34-14-26(20)36-16(3)33/h4-12,15,22,26,30H,13-14H2,1-3H3/t22-,26-/m1/s1. The van der Waals surface area contributed by atoms with Crippen LogP contribution in [-0.4, -0.2) is 28.7 Å². The molecule has 8 heteroatoms. The van der Waals surface area contributed by atoms with Gasteiger partial charge >= 0.3 is 5.97 Å². The van der Waals surface area contributed by atoms with Gasteiger partial charge in [-0.25, -0.2) is 9.37 Å². The lowest BCUT2D eigenvalue weighted by Gasteiger charge is -2.16. The van der Waals surface area contributed by atoms with Crippen molar-refractivity contribution in [1.82, 2.24) is 9.55 Å². The molecule has 0 radical (unpaired) electrons. The maximum absolute atomic E-state index is 14.2. The van der Waals surface area contributed by atoms with E-state index in [0.717, 1.165) is 39.6 Å². The maximum Gasteiger partial charge on any atom is 0.303 e. The number of halogens is 1. The summed E-state index contributed by atoms with van der Waals surface area (Å²) in [6.07, 6.45) is -0.380. The highest BCUT2D eigenvalue weighted by atomic mass is 19.1. The molecule has 3 heterocycles. The van der Waals surface area contributed by atoms with Crippen molar-refractivity contribution in [2.45, 2.75) is 38.8 Å². The predicted molar refractivity (Wildman–Crippen MR) is 133 cm³/mol. The molecule has 36 heavy (non-hydrogen) atoms. The van der Waals surface area contributed by atoms with Crippen molar-refractivity contribution in [3.8, 4) is 17.2 Å². The van der Waals surface area contributed by atoms with Gasteiger partial charge in [0.05, 0.1) is 22.8 Å². The average Bonchev–Trinajstić information content (AvgIpc) is 3.54. The summed E-state index contributed by atoms with van der Waals surface area (Å²) in [5.41, 5.74) is 5.05. The van der Waals surface area contributed by atoms with Gasteiger partial charge in [-0.05, 0) is 30.3 Å². The number of carbonyl (C=O) groups is 1. The summed E-state index contributed by atoms with van der Waals surface area (Å²) in [6, 6.07) is 16.4. The number of para-hydroxylation sites is 1. The lowest BCUT2D eigenvalue weighted by atomic mass is 10.1. The zero-order valence-corrected chi connectivity index (χ0v) is 20.2. The molecular weight excluding hydrogens is 461 g/mol. The van der Waals surface area contributed by atoms with Crippen LogP contribution in [0.2, 0.25) is 0 Å². The third-order valence-electron chi connectivity index (χ3n) is 6.59. The second-order valence-corrected chi connectivity index (χ2v) is 9.46. The van der Waals surface area contributed by atoms with Crippen molar-refractivity contribution >= 4 is 22.7 Å². The second-order valence-electron chi connectivity index (χ2n) is 9.46. The molecule has 6 rings (SSSR count). The highest BCUT2D eigenvalue weighted by Gasteiger charge is 2.31. The number of rotatable bonds is 5. The highest BCUT2D eigenvalue weighted by Crippen LogP contribution is 2.42. The molecule has 2 aliphatic heterocycles. The van der Waals surface area contributed by atoms with Gasteiger partial charge in [-0.2, -0.15) is 0 Å². The monoisotopic (exact) mass is 487 g/mol. The van der Waals surface area contributed by atoms with Crippen molar-refractivity contribution < 1.29 is 23.4 Å². The predicted octanol–water partition coefficient (Wildman–Crippen LogP) is 5.83. The SMILES string of the molecule is CC(=O)O[C@@H]1COc2cc(N[C@@H]3COc4c3cccc4-n3c(C(C)C)nc4ccc(F)cc43)ccc21. The third-order valence-corrected chi connectivity index (χ3v) is 6.59. The van der Waals surface area contributed by atoms with E-state index in [1.54, 1.807) is 6.07 Å². The van der Waals surface area contributed by atoms with E-state index in [4.69, 9.17) is 19.2 Å². The first-order valence-corrected chi connectivity index (χ1v) is 12.0. The Morgan fingerprint density at radius 3 is 2.78 bits per heavy atom. The van der Waals surface area contributed by atoms with Gasteiger partial charge in [0, 0.05) is 41.8 Å². The van der Waals surface area contributed by atoms with E-state index in [1.807, 2.05) is 41.0 Å². The molecule has 7 nitrogen and oxygen atoms in total. The molecule has 0 amide bonds. The third kappa shape index (κ3) is 3.73. The molecule has 1 N–H and O–H groups in total. The molecule has 0 saturated carbocycles. The number of aromatic nitrogens is 2. The molecule has 184 valence electrons. The number of nitrogens with zero attached hydrogens (tertiary/aromatic N) is 2. The van der Waals surface area contributed by atoms with Gasteiger partial charge in [-0.1, -0.05) is 26.0 Å². The summed E-state index contributed by atoms with van der Waals surface area (Å²) < 4.78 is 33.5. The molecular formula is C28H26FN3O4. The second kappa shape index (κ2) is 8.55. The van der Waals surface area contributed by atoms with Crippen LogP contribution < -0.4 is 14.8 Å². The molecule has 0 aliphatic carbocycles. The van der Waals surface area contributed by atoms with Gasteiger partial charge < -0.3 is 19.5 Å². The van der Waals surface area contributed by atoms with Crippen LogP contribution in [0, 0.1) is 5.82 Å². The van der Waals surface area contributed by atoms with Crippen LogP contribution in [0.25, 0.3) is 16.7 Å². The Morgan fingerprint density at radius 1 is 1.11 bits per heavy atom. The number of fused-ring (bicyclic) bond motifs is 3. The Balaban J connectivity index is 1.34. The van der Waals surface area contributed by atoms with Crippen LogP contribution in [0.15, 0.2) is 54.6 Å². The molecule has 3 aromatic carbocycles. The molecule has 0 saturated heterocycles. The Morgan fingerprint density at radius 2 is 1.97 bits per heavy atom. The van der Waals surface area contributed by atoms with E-state index in [9.17, 15) is 9.18 Å². The first-order chi connectivity index (χ1) is 17.4. The van der Waals surface area contributed by atoms with Gasteiger partial charge in [0.2, 0.25) is 0 Å². The van der Waals surface area contributed by atoms with Gasteiger partial charge in [0.25, 0.3) is 0 Å². The topological polar surface area (TPSA) is 74.6 Å². The zero-order valence-electron chi connectivity index (χ0n) is 20.2. The maximum atomic E-state index is 14.2. The Hall–Kier alpha value is -4.07. The zero-order chi connectivity index (χ0) is 25.0. The number of ether oxygens (including phenoxy) is 3. The van der Waals surface area contributed by atoms with Crippen molar-refractivity contribution in [2.75, 3.05) is 18.5 Å². The average molecular weight is 488 g/mol.